The lowest BCUT2D eigenvalue weighted by Gasteiger charge is -2.08. The van der Waals surface area contributed by atoms with E-state index in [1.165, 1.54) is 11.8 Å². The average molecular weight is 370 g/mol. The van der Waals surface area contributed by atoms with Gasteiger partial charge in [0.05, 0.1) is 27.5 Å². The van der Waals surface area contributed by atoms with E-state index in [9.17, 15) is 4.79 Å². The standard InChI is InChI=1S/C17H12ClN5OS/c18-11-5-1-2-6-12(11)20-15(24)9-25-17-16-22-19-10-23(16)14-8-4-3-7-13(14)21-17/h1-8,10H,9H2,(H,20,24). The van der Waals surface area contributed by atoms with Gasteiger partial charge in [-0.1, -0.05) is 47.6 Å². The molecule has 0 spiro atoms. The molecule has 1 N–H and O–H groups in total. The molecule has 0 saturated heterocycles. The molecule has 0 aliphatic heterocycles. The first-order valence-corrected chi connectivity index (χ1v) is 8.84. The number of hydrogen-bond donors (Lipinski definition) is 1. The number of thioether (sulfide) groups is 1. The van der Waals surface area contributed by atoms with Crippen LogP contribution in [0.4, 0.5) is 5.69 Å². The summed E-state index contributed by atoms with van der Waals surface area (Å²) in [6.07, 6.45) is 1.65. The molecule has 4 aromatic rings. The highest BCUT2D eigenvalue weighted by Crippen LogP contribution is 2.25. The summed E-state index contributed by atoms with van der Waals surface area (Å²) in [6, 6.07) is 14.9. The van der Waals surface area contributed by atoms with Gasteiger partial charge in [0, 0.05) is 0 Å². The average Bonchev–Trinajstić information content (AvgIpc) is 3.12. The molecular weight excluding hydrogens is 358 g/mol. The van der Waals surface area contributed by atoms with E-state index < -0.39 is 0 Å². The van der Waals surface area contributed by atoms with E-state index in [2.05, 4.69) is 20.5 Å². The van der Waals surface area contributed by atoms with Gasteiger partial charge in [0.2, 0.25) is 5.91 Å². The van der Waals surface area contributed by atoms with E-state index in [0.717, 1.165) is 11.0 Å². The van der Waals surface area contributed by atoms with Gasteiger partial charge in [-0.05, 0) is 24.3 Å². The SMILES string of the molecule is O=C(CSc1nc2ccccc2n2cnnc12)Nc1ccccc1Cl. The predicted octanol–water partition coefficient (Wildman–Crippen LogP) is 3.66. The van der Waals surface area contributed by atoms with Crippen LogP contribution in [-0.4, -0.2) is 31.2 Å². The molecule has 0 bridgehead atoms. The Labute approximate surface area is 152 Å². The minimum atomic E-state index is -0.161. The van der Waals surface area contributed by atoms with Gasteiger partial charge in [-0.15, -0.1) is 10.2 Å². The highest BCUT2D eigenvalue weighted by atomic mass is 35.5. The molecule has 0 unspecified atom stereocenters. The molecule has 0 radical (unpaired) electrons. The first-order chi connectivity index (χ1) is 12.2. The maximum Gasteiger partial charge on any atom is 0.234 e. The van der Waals surface area contributed by atoms with Crippen molar-refractivity contribution < 1.29 is 4.79 Å². The summed E-state index contributed by atoms with van der Waals surface area (Å²) in [5.74, 6) is 0.0322. The van der Waals surface area contributed by atoms with Crippen LogP contribution >= 0.6 is 23.4 Å². The van der Waals surface area contributed by atoms with Crippen molar-refractivity contribution in [1.82, 2.24) is 19.6 Å². The van der Waals surface area contributed by atoms with Crippen LogP contribution in [0.15, 0.2) is 59.9 Å². The van der Waals surface area contributed by atoms with Crippen molar-refractivity contribution >= 4 is 51.6 Å². The third-order valence-corrected chi connectivity index (χ3v) is 4.87. The fourth-order valence-electron chi connectivity index (χ4n) is 2.46. The largest absolute Gasteiger partial charge is 0.324 e. The Bertz CT molecular complexity index is 1080. The zero-order valence-electron chi connectivity index (χ0n) is 12.9. The molecule has 2 heterocycles. The topological polar surface area (TPSA) is 72.2 Å². The third kappa shape index (κ3) is 3.16. The van der Waals surface area contributed by atoms with Crippen LogP contribution in [0.3, 0.4) is 0 Å². The Morgan fingerprint density at radius 2 is 1.96 bits per heavy atom. The van der Waals surface area contributed by atoms with E-state index >= 15 is 0 Å². The van der Waals surface area contributed by atoms with E-state index in [1.54, 1.807) is 18.5 Å². The number of rotatable bonds is 4. The van der Waals surface area contributed by atoms with Gasteiger partial charge in [-0.25, -0.2) is 4.98 Å². The number of anilines is 1. The van der Waals surface area contributed by atoms with Crippen LogP contribution in [-0.2, 0) is 4.79 Å². The Balaban J connectivity index is 1.57. The smallest absolute Gasteiger partial charge is 0.234 e. The van der Waals surface area contributed by atoms with Crippen LogP contribution in [0.1, 0.15) is 0 Å². The summed E-state index contributed by atoms with van der Waals surface area (Å²) in [7, 11) is 0. The number of para-hydroxylation sites is 3. The molecule has 6 nitrogen and oxygen atoms in total. The lowest BCUT2D eigenvalue weighted by atomic mass is 10.3. The van der Waals surface area contributed by atoms with E-state index in [4.69, 9.17) is 11.6 Å². The Morgan fingerprint density at radius 1 is 1.16 bits per heavy atom. The second-order valence-corrected chi connectivity index (χ2v) is 6.62. The van der Waals surface area contributed by atoms with Gasteiger partial charge in [0.25, 0.3) is 0 Å². The number of nitrogens with one attached hydrogen (secondary N) is 1. The molecule has 0 saturated carbocycles. The third-order valence-electron chi connectivity index (χ3n) is 3.59. The Kier molecular flexibility index (Phi) is 4.25. The number of carbonyl (C=O) groups excluding carboxylic acids is 1. The zero-order valence-corrected chi connectivity index (χ0v) is 14.5. The van der Waals surface area contributed by atoms with Crippen molar-refractivity contribution in [2.45, 2.75) is 5.03 Å². The minimum absolute atomic E-state index is 0.161. The van der Waals surface area contributed by atoms with Gasteiger partial charge < -0.3 is 5.32 Å². The quantitative estimate of drug-likeness (QED) is 0.556. The lowest BCUT2D eigenvalue weighted by Crippen LogP contribution is -2.14. The Hall–Kier alpha value is -2.64. The summed E-state index contributed by atoms with van der Waals surface area (Å²) in [5.41, 5.74) is 2.97. The second kappa shape index (κ2) is 6.70. The molecule has 1 amide bonds. The molecule has 4 rings (SSSR count). The van der Waals surface area contributed by atoms with Crippen molar-refractivity contribution in [2.24, 2.45) is 0 Å². The number of halogens is 1. The fraction of sp³-hybridized carbons (Fsp3) is 0.0588. The molecular formula is C17H12ClN5OS. The number of nitrogens with zero attached hydrogens (tertiary/aromatic N) is 4. The van der Waals surface area contributed by atoms with Crippen molar-refractivity contribution in [2.75, 3.05) is 11.1 Å². The summed E-state index contributed by atoms with van der Waals surface area (Å²) >= 11 is 7.37. The molecule has 25 heavy (non-hydrogen) atoms. The van der Waals surface area contributed by atoms with Crippen LogP contribution < -0.4 is 5.32 Å². The number of aromatic nitrogens is 4. The molecule has 8 heteroatoms. The van der Waals surface area contributed by atoms with Gasteiger partial charge in [-0.2, -0.15) is 0 Å². The number of carbonyl (C=O) groups is 1. The normalized spacial score (nSPS) is 11.1. The molecule has 124 valence electrons. The highest BCUT2D eigenvalue weighted by molar-refractivity contribution is 8.00. The van der Waals surface area contributed by atoms with Crippen LogP contribution in [0.25, 0.3) is 16.7 Å². The molecule has 2 aromatic heterocycles. The highest BCUT2D eigenvalue weighted by Gasteiger charge is 2.13. The maximum atomic E-state index is 12.2. The van der Waals surface area contributed by atoms with E-state index in [1.807, 2.05) is 40.8 Å². The van der Waals surface area contributed by atoms with Crippen LogP contribution in [0.5, 0.6) is 0 Å². The van der Waals surface area contributed by atoms with Crippen molar-refractivity contribution in [3.05, 3.63) is 59.9 Å². The Morgan fingerprint density at radius 3 is 2.84 bits per heavy atom. The molecule has 0 atom stereocenters. The van der Waals surface area contributed by atoms with Crippen molar-refractivity contribution in [1.29, 1.82) is 0 Å². The lowest BCUT2D eigenvalue weighted by molar-refractivity contribution is -0.113. The summed E-state index contributed by atoms with van der Waals surface area (Å²) in [4.78, 5) is 16.8. The maximum absolute atomic E-state index is 12.2. The summed E-state index contributed by atoms with van der Waals surface area (Å²) < 4.78 is 1.87. The minimum Gasteiger partial charge on any atom is -0.324 e. The number of benzene rings is 2. The molecule has 2 aromatic carbocycles. The molecule has 0 fully saturated rings. The second-order valence-electron chi connectivity index (χ2n) is 5.25. The number of hydrogen-bond acceptors (Lipinski definition) is 5. The number of amides is 1. The first-order valence-electron chi connectivity index (χ1n) is 7.48. The predicted molar refractivity (Wildman–Crippen MR) is 99.1 cm³/mol. The first kappa shape index (κ1) is 15.9. The summed E-state index contributed by atoms with van der Waals surface area (Å²) in [5, 5.41) is 12.0. The van der Waals surface area contributed by atoms with Crippen LogP contribution in [0, 0.1) is 0 Å². The number of fused-ring (bicyclic) bond motifs is 3. The van der Waals surface area contributed by atoms with Gasteiger partial charge in [-0.3, -0.25) is 9.20 Å². The van der Waals surface area contributed by atoms with Gasteiger partial charge in [0.1, 0.15) is 11.4 Å². The van der Waals surface area contributed by atoms with Gasteiger partial charge >= 0.3 is 0 Å². The fourth-order valence-corrected chi connectivity index (χ4v) is 3.41. The van der Waals surface area contributed by atoms with E-state index in [0.29, 0.717) is 21.4 Å². The van der Waals surface area contributed by atoms with Crippen LogP contribution in [0.2, 0.25) is 5.02 Å². The van der Waals surface area contributed by atoms with Crippen molar-refractivity contribution in [3.63, 3.8) is 0 Å². The molecule has 0 aliphatic carbocycles. The zero-order chi connectivity index (χ0) is 17.2. The summed E-state index contributed by atoms with van der Waals surface area (Å²) in [6.45, 7) is 0. The van der Waals surface area contributed by atoms with Crippen molar-refractivity contribution in [3.8, 4) is 0 Å². The van der Waals surface area contributed by atoms with E-state index in [-0.39, 0.29) is 11.7 Å². The monoisotopic (exact) mass is 369 g/mol. The molecule has 0 aliphatic rings. The van der Waals surface area contributed by atoms with Gasteiger partial charge in [0.15, 0.2) is 5.65 Å².